The van der Waals surface area contributed by atoms with Gasteiger partial charge in [-0.1, -0.05) is 6.07 Å². The van der Waals surface area contributed by atoms with Crippen LogP contribution >= 0.6 is 11.3 Å². The molecular formula is C14H16N2S. The Morgan fingerprint density at radius 2 is 2.06 bits per heavy atom. The number of aryl methyl sites for hydroxylation is 1. The molecule has 1 aliphatic heterocycles. The number of fused-ring (bicyclic) bond motifs is 1. The third-order valence-corrected chi connectivity index (χ3v) is 4.28. The minimum atomic E-state index is 0.873. The Hall–Kier alpha value is -1.32. The van der Waals surface area contributed by atoms with Crippen LogP contribution in [0, 0.1) is 6.92 Å². The van der Waals surface area contributed by atoms with Gasteiger partial charge in [-0.05, 0) is 52.1 Å². The van der Waals surface area contributed by atoms with Gasteiger partial charge in [-0.3, -0.25) is 4.90 Å². The maximum atomic E-state index is 5.82. The normalized spacial score (nSPS) is 15.1. The maximum absolute atomic E-state index is 5.82. The Balaban J connectivity index is 1.76. The molecule has 2 heterocycles. The van der Waals surface area contributed by atoms with E-state index in [9.17, 15) is 0 Å². The number of hydrogen-bond donors (Lipinski definition) is 1. The summed E-state index contributed by atoms with van der Waals surface area (Å²) in [5.74, 6) is 0. The van der Waals surface area contributed by atoms with Crippen LogP contribution in [-0.2, 0) is 19.6 Å². The predicted molar refractivity (Wildman–Crippen MR) is 72.9 cm³/mol. The monoisotopic (exact) mass is 244 g/mol. The zero-order valence-corrected chi connectivity index (χ0v) is 10.8. The fourth-order valence-electron chi connectivity index (χ4n) is 2.39. The lowest BCUT2D eigenvalue weighted by molar-refractivity contribution is 0.275. The van der Waals surface area contributed by atoms with Crippen molar-refractivity contribution in [3.8, 4) is 0 Å². The van der Waals surface area contributed by atoms with Crippen molar-refractivity contribution in [2.24, 2.45) is 0 Å². The van der Waals surface area contributed by atoms with E-state index in [4.69, 9.17) is 5.73 Å². The van der Waals surface area contributed by atoms with Gasteiger partial charge in [0.25, 0.3) is 0 Å². The first-order valence-electron chi connectivity index (χ1n) is 5.83. The van der Waals surface area contributed by atoms with Crippen LogP contribution in [0.5, 0.6) is 0 Å². The maximum Gasteiger partial charge on any atom is 0.0317 e. The van der Waals surface area contributed by atoms with E-state index in [0.717, 1.165) is 25.3 Å². The van der Waals surface area contributed by atoms with E-state index in [0.29, 0.717) is 0 Å². The van der Waals surface area contributed by atoms with Gasteiger partial charge in [0.15, 0.2) is 0 Å². The molecule has 0 unspecified atom stereocenters. The smallest absolute Gasteiger partial charge is 0.0317 e. The summed E-state index contributed by atoms with van der Waals surface area (Å²) in [6, 6.07) is 6.26. The Labute approximate surface area is 106 Å². The van der Waals surface area contributed by atoms with E-state index in [1.165, 1.54) is 22.3 Å². The number of nitrogen functional groups attached to an aromatic ring is 1. The fourth-order valence-corrected chi connectivity index (χ4v) is 3.23. The molecule has 2 nitrogen and oxygen atoms in total. The topological polar surface area (TPSA) is 29.3 Å². The first-order chi connectivity index (χ1) is 8.22. The van der Waals surface area contributed by atoms with Gasteiger partial charge < -0.3 is 5.73 Å². The molecule has 0 amide bonds. The molecule has 88 valence electrons. The van der Waals surface area contributed by atoms with Crippen molar-refractivity contribution in [3.63, 3.8) is 0 Å². The molecule has 3 rings (SSSR count). The third-order valence-electron chi connectivity index (χ3n) is 3.37. The predicted octanol–water partition coefficient (Wildman–Crippen LogP) is 3.15. The lowest BCUT2D eigenvalue weighted by Gasteiger charge is -2.14. The number of nitrogens with zero attached hydrogens (tertiary/aromatic N) is 1. The highest BCUT2D eigenvalue weighted by molar-refractivity contribution is 7.08. The van der Waals surface area contributed by atoms with E-state index >= 15 is 0 Å². The second-order valence-corrected chi connectivity index (χ2v) is 5.50. The van der Waals surface area contributed by atoms with Gasteiger partial charge in [0.2, 0.25) is 0 Å². The number of hydrogen-bond acceptors (Lipinski definition) is 3. The quantitative estimate of drug-likeness (QED) is 0.822. The highest BCUT2D eigenvalue weighted by Crippen LogP contribution is 2.27. The van der Waals surface area contributed by atoms with Crippen LogP contribution in [-0.4, -0.2) is 4.90 Å². The number of anilines is 1. The number of thiophene rings is 1. The number of benzene rings is 1. The summed E-state index contributed by atoms with van der Waals surface area (Å²) in [6.07, 6.45) is 0. The summed E-state index contributed by atoms with van der Waals surface area (Å²) in [4.78, 5) is 2.47. The van der Waals surface area contributed by atoms with Crippen LogP contribution in [0.3, 0.4) is 0 Å². The second kappa shape index (κ2) is 4.17. The summed E-state index contributed by atoms with van der Waals surface area (Å²) < 4.78 is 0. The molecule has 2 N–H and O–H groups in total. The van der Waals surface area contributed by atoms with Crippen molar-refractivity contribution in [3.05, 3.63) is 51.2 Å². The summed E-state index contributed by atoms with van der Waals surface area (Å²) >= 11 is 1.79. The summed E-state index contributed by atoms with van der Waals surface area (Å²) in [5.41, 5.74) is 12.4. The van der Waals surface area contributed by atoms with Gasteiger partial charge in [-0.25, -0.2) is 0 Å². The van der Waals surface area contributed by atoms with Crippen molar-refractivity contribution in [1.29, 1.82) is 0 Å². The molecule has 0 saturated heterocycles. The summed E-state index contributed by atoms with van der Waals surface area (Å²) in [6.45, 7) is 5.30. The van der Waals surface area contributed by atoms with Crippen molar-refractivity contribution in [2.45, 2.75) is 26.6 Å². The standard InChI is InChI=1S/C14H16N2S/c1-10-8-17-9-13(10)7-16-5-11-2-3-14(15)4-12(11)6-16/h2-4,8-9H,5-7,15H2,1H3. The van der Waals surface area contributed by atoms with E-state index in [1.54, 1.807) is 11.3 Å². The lowest BCUT2D eigenvalue weighted by Crippen LogP contribution is -2.15. The van der Waals surface area contributed by atoms with Gasteiger partial charge in [-0.15, -0.1) is 0 Å². The summed E-state index contributed by atoms with van der Waals surface area (Å²) in [5, 5.41) is 4.48. The highest BCUT2D eigenvalue weighted by Gasteiger charge is 2.19. The Bertz CT molecular complexity index is 545. The second-order valence-electron chi connectivity index (χ2n) is 4.75. The number of nitrogens with two attached hydrogens (primary N) is 1. The minimum Gasteiger partial charge on any atom is -0.399 e. The molecule has 0 bridgehead atoms. The van der Waals surface area contributed by atoms with Crippen molar-refractivity contribution in [1.82, 2.24) is 4.90 Å². The molecule has 0 atom stereocenters. The Morgan fingerprint density at radius 1 is 1.24 bits per heavy atom. The van der Waals surface area contributed by atoms with Crippen LogP contribution in [0.1, 0.15) is 22.3 Å². The molecule has 0 aliphatic carbocycles. The van der Waals surface area contributed by atoms with Crippen molar-refractivity contribution in [2.75, 3.05) is 5.73 Å². The molecule has 1 aromatic heterocycles. The molecule has 2 aromatic rings. The van der Waals surface area contributed by atoms with Gasteiger partial charge in [0, 0.05) is 25.3 Å². The molecule has 1 aliphatic rings. The molecule has 0 radical (unpaired) electrons. The van der Waals surface area contributed by atoms with Gasteiger partial charge in [-0.2, -0.15) is 11.3 Å². The molecular weight excluding hydrogens is 228 g/mol. The first kappa shape index (κ1) is 10.8. The molecule has 17 heavy (non-hydrogen) atoms. The van der Waals surface area contributed by atoms with E-state index in [1.807, 2.05) is 6.07 Å². The summed E-state index contributed by atoms with van der Waals surface area (Å²) in [7, 11) is 0. The van der Waals surface area contributed by atoms with Crippen LogP contribution in [0.15, 0.2) is 29.0 Å². The van der Waals surface area contributed by atoms with E-state index < -0.39 is 0 Å². The highest BCUT2D eigenvalue weighted by atomic mass is 32.1. The van der Waals surface area contributed by atoms with E-state index in [-0.39, 0.29) is 0 Å². The average Bonchev–Trinajstić information content (AvgIpc) is 2.85. The largest absolute Gasteiger partial charge is 0.399 e. The fraction of sp³-hybridized carbons (Fsp3) is 0.286. The lowest BCUT2D eigenvalue weighted by atomic mass is 10.1. The average molecular weight is 244 g/mol. The van der Waals surface area contributed by atoms with Crippen molar-refractivity contribution < 1.29 is 0 Å². The number of rotatable bonds is 2. The zero-order valence-electron chi connectivity index (χ0n) is 9.94. The van der Waals surface area contributed by atoms with Gasteiger partial charge in [0.05, 0.1) is 0 Å². The van der Waals surface area contributed by atoms with Gasteiger partial charge in [0.1, 0.15) is 0 Å². The van der Waals surface area contributed by atoms with Crippen LogP contribution in [0.2, 0.25) is 0 Å². The van der Waals surface area contributed by atoms with Crippen molar-refractivity contribution >= 4 is 17.0 Å². The molecule has 1 aromatic carbocycles. The Kier molecular flexibility index (Phi) is 2.65. The molecule has 0 fully saturated rings. The molecule has 3 heteroatoms. The van der Waals surface area contributed by atoms with E-state index in [2.05, 4.69) is 34.7 Å². The SMILES string of the molecule is Cc1cscc1CN1Cc2ccc(N)cc2C1. The van der Waals surface area contributed by atoms with Gasteiger partial charge >= 0.3 is 0 Å². The van der Waals surface area contributed by atoms with Crippen LogP contribution in [0.25, 0.3) is 0 Å². The third kappa shape index (κ3) is 2.08. The molecule has 0 spiro atoms. The zero-order chi connectivity index (χ0) is 11.8. The van der Waals surface area contributed by atoms with Crippen LogP contribution in [0.4, 0.5) is 5.69 Å². The molecule has 0 saturated carbocycles. The van der Waals surface area contributed by atoms with Crippen LogP contribution < -0.4 is 5.73 Å². The Morgan fingerprint density at radius 3 is 2.82 bits per heavy atom. The minimum absolute atomic E-state index is 0.873. The first-order valence-corrected chi connectivity index (χ1v) is 6.78.